The molecule has 0 saturated heterocycles. The molecule has 0 aliphatic carbocycles. The third-order valence-corrected chi connectivity index (χ3v) is 14.0. The summed E-state index contributed by atoms with van der Waals surface area (Å²) < 4.78 is 8.91. The summed E-state index contributed by atoms with van der Waals surface area (Å²) in [5.41, 5.74) is 18.9. The van der Waals surface area contributed by atoms with Crippen molar-refractivity contribution in [3.05, 3.63) is 252 Å². The summed E-state index contributed by atoms with van der Waals surface area (Å²) in [6.45, 7) is 8.81. The number of para-hydroxylation sites is 2. The van der Waals surface area contributed by atoms with Crippen molar-refractivity contribution in [2.24, 2.45) is 4.99 Å². The Morgan fingerprint density at radius 2 is 1.12 bits per heavy atom. The van der Waals surface area contributed by atoms with Gasteiger partial charge in [-0.15, -0.1) is 11.3 Å². The number of furan rings is 1. The normalized spacial score (nSPS) is 12.2. The van der Waals surface area contributed by atoms with Crippen molar-refractivity contribution in [3.63, 3.8) is 0 Å². The van der Waals surface area contributed by atoms with Crippen LogP contribution in [-0.4, -0.2) is 5.71 Å². The summed E-state index contributed by atoms with van der Waals surface area (Å²) in [6, 6.07) is 73.6. The zero-order chi connectivity index (χ0) is 43.9. The standard InChI is InChI=1S/C62H45NOS/c1-40-31-32-47(45-33-35-46(36-34-45)51-25-15-26-53-52-24-12-13-30-59(52)64-60(51)53)39-57(40)50-23-11-10-21-48(50)38-49-22-14-27-54-55-28-16-29-56(62(55)65-61(49)54)58(37-41(2)43-17-6-4-7-18-43)63-42(3)44-19-8-5-9-20-44/h4-37,39H,2,38H2,1,3H3/b58-37-,63-42?. The fourth-order valence-corrected chi connectivity index (χ4v) is 10.6. The molecule has 0 fully saturated rings. The van der Waals surface area contributed by atoms with Gasteiger partial charge in [0.25, 0.3) is 0 Å². The molecule has 0 amide bonds. The number of rotatable bonds is 10. The molecule has 0 atom stereocenters. The Bertz CT molecular complexity index is 3640. The minimum Gasteiger partial charge on any atom is -0.455 e. The quantitative estimate of drug-likeness (QED) is 0.0994. The van der Waals surface area contributed by atoms with Crippen LogP contribution in [0.5, 0.6) is 0 Å². The van der Waals surface area contributed by atoms with E-state index < -0.39 is 0 Å². The van der Waals surface area contributed by atoms with Crippen LogP contribution in [0.25, 0.3) is 86.8 Å². The van der Waals surface area contributed by atoms with Gasteiger partial charge in [-0.25, -0.2) is 0 Å². The first-order chi connectivity index (χ1) is 32.0. The molecule has 2 nitrogen and oxygen atoms in total. The highest BCUT2D eigenvalue weighted by atomic mass is 32.1. The lowest BCUT2D eigenvalue weighted by molar-refractivity contribution is 0.670. The largest absolute Gasteiger partial charge is 0.455 e. The summed E-state index contributed by atoms with van der Waals surface area (Å²) in [5, 5.41) is 4.80. The van der Waals surface area contributed by atoms with Crippen LogP contribution in [-0.2, 0) is 6.42 Å². The van der Waals surface area contributed by atoms with Crippen LogP contribution in [0.4, 0.5) is 0 Å². The predicted octanol–water partition coefficient (Wildman–Crippen LogP) is 17.4. The van der Waals surface area contributed by atoms with Crippen LogP contribution in [0.3, 0.4) is 0 Å². The Labute approximate surface area is 383 Å². The van der Waals surface area contributed by atoms with E-state index in [1.165, 1.54) is 59.1 Å². The molecule has 11 rings (SSSR count). The summed E-state index contributed by atoms with van der Waals surface area (Å²) in [6.07, 6.45) is 2.95. The van der Waals surface area contributed by atoms with Crippen molar-refractivity contribution in [2.75, 3.05) is 0 Å². The molecule has 65 heavy (non-hydrogen) atoms. The van der Waals surface area contributed by atoms with Gasteiger partial charge in [-0.1, -0.05) is 201 Å². The Kier molecular flexibility index (Phi) is 10.5. The van der Waals surface area contributed by atoms with Crippen LogP contribution in [0.1, 0.15) is 40.3 Å². The number of fused-ring (bicyclic) bond motifs is 6. The van der Waals surface area contributed by atoms with Crippen LogP contribution >= 0.6 is 11.3 Å². The van der Waals surface area contributed by atoms with Gasteiger partial charge in [-0.3, -0.25) is 4.99 Å². The number of thiophene rings is 1. The van der Waals surface area contributed by atoms with Gasteiger partial charge in [0.2, 0.25) is 0 Å². The average Bonchev–Trinajstić information content (AvgIpc) is 3.94. The van der Waals surface area contributed by atoms with Crippen LogP contribution in [0.15, 0.2) is 228 Å². The van der Waals surface area contributed by atoms with Gasteiger partial charge in [0.05, 0.1) is 5.70 Å². The van der Waals surface area contributed by atoms with Gasteiger partial charge in [0.15, 0.2) is 0 Å². The summed E-state index contributed by atoms with van der Waals surface area (Å²) >= 11 is 1.87. The van der Waals surface area contributed by atoms with Crippen molar-refractivity contribution in [3.8, 4) is 33.4 Å². The number of aliphatic imine (C=N–C) groups is 1. The Morgan fingerprint density at radius 1 is 0.523 bits per heavy atom. The highest BCUT2D eigenvalue weighted by molar-refractivity contribution is 7.26. The van der Waals surface area contributed by atoms with Gasteiger partial charge < -0.3 is 4.42 Å². The van der Waals surface area contributed by atoms with Gasteiger partial charge in [0, 0.05) is 47.8 Å². The molecule has 0 saturated carbocycles. The lowest BCUT2D eigenvalue weighted by Crippen LogP contribution is -1.96. The highest BCUT2D eigenvalue weighted by Gasteiger charge is 2.18. The second-order valence-corrected chi connectivity index (χ2v) is 17.8. The molecule has 11 aromatic rings. The van der Waals surface area contributed by atoms with E-state index in [0.29, 0.717) is 0 Å². The maximum atomic E-state index is 6.38. The van der Waals surface area contributed by atoms with Gasteiger partial charge in [-0.05, 0) is 99.7 Å². The van der Waals surface area contributed by atoms with E-state index in [1.54, 1.807) is 0 Å². The molecule has 0 unspecified atom stereocenters. The molecule has 310 valence electrons. The SMILES string of the molecule is C=C(/C=C(\N=C(C)c1ccccc1)c1cccc2c1sc1c(Cc3ccccc3-c3cc(-c4ccc(-c5cccc6c5oc5ccccc56)cc4)ccc3C)cccc12)c1ccccc1. The van der Waals surface area contributed by atoms with Crippen molar-refractivity contribution in [1.29, 1.82) is 0 Å². The van der Waals surface area contributed by atoms with E-state index in [4.69, 9.17) is 9.41 Å². The third-order valence-electron chi connectivity index (χ3n) is 12.7. The molecule has 0 spiro atoms. The Morgan fingerprint density at radius 3 is 1.94 bits per heavy atom. The minimum absolute atomic E-state index is 0.806. The van der Waals surface area contributed by atoms with E-state index in [0.717, 1.165) is 73.2 Å². The molecule has 9 aromatic carbocycles. The third kappa shape index (κ3) is 7.60. The number of benzene rings is 9. The maximum Gasteiger partial charge on any atom is 0.143 e. The summed E-state index contributed by atoms with van der Waals surface area (Å²) in [5.74, 6) is 0. The maximum absolute atomic E-state index is 6.38. The van der Waals surface area contributed by atoms with Gasteiger partial charge >= 0.3 is 0 Å². The summed E-state index contributed by atoms with van der Waals surface area (Å²) in [4.78, 5) is 5.33. The van der Waals surface area contributed by atoms with Crippen LogP contribution in [0.2, 0.25) is 0 Å². The fourth-order valence-electron chi connectivity index (χ4n) is 9.27. The zero-order valence-corrected chi connectivity index (χ0v) is 37.2. The molecule has 0 radical (unpaired) electrons. The molecule has 0 aliphatic rings. The first-order valence-electron chi connectivity index (χ1n) is 22.2. The number of aryl methyl sites for hydroxylation is 1. The van der Waals surface area contributed by atoms with Crippen molar-refractivity contribution in [1.82, 2.24) is 0 Å². The van der Waals surface area contributed by atoms with E-state index >= 15 is 0 Å². The molecule has 0 aliphatic heterocycles. The van der Waals surface area contributed by atoms with Crippen molar-refractivity contribution >= 4 is 70.4 Å². The van der Waals surface area contributed by atoms with Crippen LogP contribution in [0, 0.1) is 6.92 Å². The van der Waals surface area contributed by atoms with Crippen molar-refractivity contribution < 1.29 is 4.42 Å². The molecule has 3 heteroatoms. The second-order valence-electron chi connectivity index (χ2n) is 16.8. The Hall–Kier alpha value is -7.85. The highest BCUT2D eigenvalue weighted by Crippen LogP contribution is 2.43. The molecule has 2 aromatic heterocycles. The number of allylic oxidation sites excluding steroid dienone is 2. The lowest BCUT2D eigenvalue weighted by Gasteiger charge is -2.15. The van der Waals surface area contributed by atoms with E-state index in [1.807, 2.05) is 35.6 Å². The Balaban J connectivity index is 0.948. The minimum atomic E-state index is 0.806. The smallest absolute Gasteiger partial charge is 0.143 e. The van der Waals surface area contributed by atoms with Gasteiger partial charge in [0.1, 0.15) is 11.2 Å². The second kappa shape index (κ2) is 17.0. The van der Waals surface area contributed by atoms with E-state index in [9.17, 15) is 0 Å². The number of hydrogen-bond donors (Lipinski definition) is 0. The molecule has 0 N–H and O–H groups in total. The lowest BCUT2D eigenvalue weighted by atomic mass is 9.90. The van der Waals surface area contributed by atoms with Crippen molar-refractivity contribution in [2.45, 2.75) is 20.3 Å². The molecule has 2 heterocycles. The van der Waals surface area contributed by atoms with E-state index in [2.05, 4.69) is 208 Å². The average molecular weight is 852 g/mol. The molecule has 0 bridgehead atoms. The number of nitrogens with zero attached hydrogens (tertiary/aromatic N) is 1. The molecular weight excluding hydrogens is 807 g/mol. The van der Waals surface area contributed by atoms with E-state index in [-0.39, 0.29) is 0 Å². The monoisotopic (exact) mass is 851 g/mol. The molecular formula is C62H45NOS. The zero-order valence-electron chi connectivity index (χ0n) is 36.4. The van der Waals surface area contributed by atoms with Gasteiger partial charge in [-0.2, -0.15) is 0 Å². The van der Waals surface area contributed by atoms with Crippen LogP contribution < -0.4 is 0 Å². The number of hydrogen-bond acceptors (Lipinski definition) is 3. The first kappa shape index (κ1) is 40.0. The topological polar surface area (TPSA) is 25.5 Å². The predicted molar refractivity (Wildman–Crippen MR) is 279 cm³/mol. The first-order valence-corrected chi connectivity index (χ1v) is 23.0. The fraction of sp³-hybridized carbons (Fsp3) is 0.0484. The summed E-state index contributed by atoms with van der Waals surface area (Å²) in [7, 11) is 0.